The number of carbonyl (C=O) groups excluding carboxylic acids is 1. The Morgan fingerprint density at radius 2 is 2.00 bits per heavy atom. The summed E-state index contributed by atoms with van der Waals surface area (Å²) in [4.78, 5) is 11.1. The second-order valence-electron chi connectivity index (χ2n) is 4.25. The molecule has 0 unspecified atom stereocenters. The molecular formula is C10H20O3. The highest BCUT2D eigenvalue weighted by Crippen LogP contribution is 2.28. The van der Waals surface area contributed by atoms with E-state index in [9.17, 15) is 4.79 Å². The first-order chi connectivity index (χ1) is 5.91. The number of hydrogen-bond acceptors (Lipinski definition) is 3. The van der Waals surface area contributed by atoms with Gasteiger partial charge in [-0.25, -0.2) is 0 Å². The van der Waals surface area contributed by atoms with Crippen LogP contribution in [0.25, 0.3) is 0 Å². The molecule has 3 heteroatoms. The van der Waals surface area contributed by atoms with Crippen LogP contribution in [0.3, 0.4) is 0 Å². The Morgan fingerprint density at radius 1 is 1.46 bits per heavy atom. The van der Waals surface area contributed by atoms with E-state index in [2.05, 4.69) is 0 Å². The molecule has 13 heavy (non-hydrogen) atoms. The van der Waals surface area contributed by atoms with Gasteiger partial charge in [0, 0.05) is 6.61 Å². The Balaban J connectivity index is 4.06. The van der Waals surface area contributed by atoms with Gasteiger partial charge in [-0.1, -0.05) is 20.8 Å². The summed E-state index contributed by atoms with van der Waals surface area (Å²) < 4.78 is 4.82. The maximum absolute atomic E-state index is 11.1. The predicted molar refractivity (Wildman–Crippen MR) is 51.3 cm³/mol. The zero-order valence-electron chi connectivity index (χ0n) is 8.96. The fourth-order valence-electron chi connectivity index (χ4n) is 1.07. The molecule has 1 atom stereocenters. The summed E-state index contributed by atoms with van der Waals surface area (Å²) in [5.74, 6) is -0.247. The summed E-state index contributed by atoms with van der Waals surface area (Å²) in [6, 6.07) is 0. The lowest BCUT2D eigenvalue weighted by Gasteiger charge is -2.28. The standard InChI is InChI=1S/C10H20O3/c1-5-13-9(12)6-8(7-11)10(2,3)4/h8,11H,5-7H2,1-4H3/t8-/m1/s1. The van der Waals surface area contributed by atoms with Crippen molar-refractivity contribution >= 4 is 5.97 Å². The molecule has 0 saturated heterocycles. The van der Waals surface area contributed by atoms with Gasteiger partial charge in [0.15, 0.2) is 0 Å². The van der Waals surface area contributed by atoms with Gasteiger partial charge in [-0.05, 0) is 18.3 Å². The van der Waals surface area contributed by atoms with Crippen molar-refractivity contribution in [2.24, 2.45) is 11.3 Å². The number of ether oxygens (including phenoxy) is 1. The highest BCUT2D eigenvalue weighted by Gasteiger charge is 2.26. The van der Waals surface area contributed by atoms with Gasteiger partial charge >= 0.3 is 5.97 Å². The highest BCUT2D eigenvalue weighted by molar-refractivity contribution is 5.69. The fourth-order valence-corrected chi connectivity index (χ4v) is 1.07. The van der Waals surface area contributed by atoms with Crippen molar-refractivity contribution in [2.45, 2.75) is 34.1 Å². The fraction of sp³-hybridized carbons (Fsp3) is 0.900. The van der Waals surface area contributed by atoms with Crippen LogP contribution in [-0.2, 0) is 9.53 Å². The average molecular weight is 188 g/mol. The smallest absolute Gasteiger partial charge is 0.306 e. The maximum Gasteiger partial charge on any atom is 0.306 e. The minimum absolute atomic E-state index is 0.0217. The molecule has 0 aromatic carbocycles. The molecule has 0 aliphatic rings. The summed E-state index contributed by atoms with van der Waals surface area (Å²) in [5, 5.41) is 9.07. The van der Waals surface area contributed by atoms with Crippen LogP contribution in [0, 0.1) is 11.3 Å². The quantitative estimate of drug-likeness (QED) is 0.681. The molecule has 0 bridgehead atoms. The maximum atomic E-state index is 11.1. The number of aliphatic hydroxyl groups is 1. The first-order valence-electron chi connectivity index (χ1n) is 4.68. The molecule has 0 rings (SSSR count). The van der Waals surface area contributed by atoms with Crippen LogP contribution < -0.4 is 0 Å². The van der Waals surface area contributed by atoms with Crippen molar-refractivity contribution in [2.75, 3.05) is 13.2 Å². The van der Waals surface area contributed by atoms with E-state index in [1.165, 1.54) is 0 Å². The van der Waals surface area contributed by atoms with Gasteiger partial charge in [-0.15, -0.1) is 0 Å². The zero-order valence-corrected chi connectivity index (χ0v) is 8.96. The monoisotopic (exact) mass is 188 g/mol. The van der Waals surface area contributed by atoms with Crippen molar-refractivity contribution in [1.82, 2.24) is 0 Å². The summed E-state index contributed by atoms with van der Waals surface area (Å²) >= 11 is 0. The van der Waals surface area contributed by atoms with Crippen LogP contribution in [0.1, 0.15) is 34.1 Å². The lowest BCUT2D eigenvalue weighted by molar-refractivity contribution is -0.145. The summed E-state index contributed by atoms with van der Waals surface area (Å²) in [5.41, 5.74) is -0.0541. The van der Waals surface area contributed by atoms with Gasteiger partial charge in [-0.3, -0.25) is 4.79 Å². The Labute approximate surface area is 80.1 Å². The van der Waals surface area contributed by atoms with E-state index in [0.717, 1.165) is 0 Å². The molecule has 0 aromatic rings. The predicted octanol–water partition coefficient (Wildman–Crippen LogP) is 1.59. The SMILES string of the molecule is CCOC(=O)C[C@H](CO)C(C)(C)C. The molecule has 0 fully saturated rings. The van der Waals surface area contributed by atoms with E-state index < -0.39 is 0 Å². The second kappa shape index (κ2) is 5.22. The molecule has 0 aromatic heterocycles. The first kappa shape index (κ1) is 12.4. The minimum Gasteiger partial charge on any atom is -0.466 e. The van der Waals surface area contributed by atoms with Gasteiger partial charge in [0.2, 0.25) is 0 Å². The largest absolute Gasteiger partial charge is 0.466 e. The van der Waals surface area contributed by atoms with E-state index >= 15 is 0 Å². The van der Waals surface area contributed by atoms with Crippen LogP contribution >= 0.6 is 0 Å². The molecule has 0 spiro atoms. The number of esters is 1. The van der Waals surface area contributed by atoms with Gasteiger partial charge in [0.1, 0.15) is 0 Å². The average Bonchev–Trinajstić information content (AvgIpc) is 1.98. The molecular weight excluding hydrogens is 168 g/mol. The van der Waals surface area contributed by atoms with E-state index in [1.54, 1.807) is 6.92 Å². The zero-order chi connectivity index (χ0) is 10.5. The van der Waals surface area contributed by atoms with E-state index in [1.807, 2.05) is 20.8 Å². The Kier molecular flexibility index (Phi) is 4.99. The molecule has 0 saturated carbocycles. The lowest BCUT2D eigenvalue weighted by Crippen LogP contribution is -2.27. The van der Waals surface area contributed by atoms with Crippen LogP contribution in [0.15, 0.2) is 0 Å². The van der Waals surface area contributed by atoms with Crippen LogP contribution in [0.5, 0.6) is 0 Å². The van der Waals surface area contributed by atoms with Crippen LogP contribution in [0.2, 0.25) is 0 Å². The van der Waals surface area contributed by atoms with Crippen molar-refractivity contribution in [3.8, 4) is 0 Å². The van der Waals surface area contributed by atoms with Crippen LogP contribution in [0.4, 0.5) is 0 Å². The normalized spacial score (nSPS) is 13.9. The Bertz CT molecular complexity index is 158. The van der Waals surface area contributed by atoms with Gasteiger partial charge < -0.3 is 9.84 Å². The number of aliphatic hydroxyl groups excluding tert-OH is 1. The van der Waals surface area contributed by atoms with E-state index in [4.69, 9.17) is 9.84 Å². The first-order valence-corrected chi connectivity index (χ1v) is 4.68. The molecule has 0 heterocycles. The van der Waals surface area contributed by atoms with Crippen molar-refractivity contribution < 1.29 is 14.6 Å². The summed E-state index contributed by atoms with van der Waals surface area (Å²) in [7, 11) is 0. The van der Waals surface area contributed by atoms with Crippen molar-refractivity contribution in [1.29, 1.82) is 0 Å². The molecule has 0 aliphatic carbocycles. The highest BCUT2D eigenvalue weighted by atomic mass is 16.5. The molecule has 3 nitrogen and oxygen atoms in total. The van der Waals surface area contributed by atoms with E-state index in [0.29, 0.717) is 13.0 Å². The third-order valence-corrected chi connectivity index (χ3v) is 2.16. The third-order valence-electron chi connectivity index (χ3n) is 2.16. The van der Waals surface area contributed by atoms with Crippen molar-refractivity contribution in [3.63, 3.8) is 0 Å². The van der Waals surface area contributed by atoms with Gasteiger partial charge in [0.25, 0.3) is 0 Å². The number of carbonyl (C=O) groups is 1. The lowest BCUT2D eigenvalue weighted by atomic mass is 9.79. The van der Waals surface area contributed by atoms with Crippen molar-refractivity contribution in [3.05, 3.63) is 0 Å². The topological polar surface area (TPSA) is 46.5 Å². The Morgan fingerprint density at radius 3 is 2.31 bits per heavy atom. The summed E-state index contributed by atoms with van der Waals surface area (Å²) in [6.07, 6.45) is 0.299. The molecule has 78 valence electrons. The molecule has 0 radical (unpaired) electrons. The van der Waals surface area contributed by atoms with Crippen LogP contribution in [-0.4, -0.2) is 24.3 Å². The Hall–Kier alpha value is -0.570. The minimum atomic E-state index is -0.225. The third kappa shape index (κ3) is 4.88. The molecule has 0 aliphatic heterocycles. The van der Waals surface area contributed by atoms with E-state index in [-0.39, 0.29) is 23.9 Å². The number of rotatable bonds is 4. The molecule has 1 N–H and O–H groups in total. The van der Waals surface area contributed by atoms with Gasteiger partial charge in [0.05, 0.1) is 13.0 Å². The number of hydrogen-bond donors (Lipinski definition) is 1. The van der Waals surface area contributed by atoms with Gasteiger partial charge in [-0.2, -0.15) is 0 Å². The summed E-state index contributed by atoms with van der Waals surface area (Å²) in [6.45, 7) is 8.24. The molecule has 0 amide bonds. The second-order valence-corrected chi connectivity index (χ2v) is 4.25.